The molecule has 6 nitrogen and oxygen atoms in total. The molecule has 6 heteroatoms. The van der Waals surface area contributed by atoms with E-state index in [-0.39, 0.29) is 11.9 Å². The Morgan fingerprint density at radius 1 is 1.09 bits per heavy atom. The van der Waals surface area contributed by atoms with Crippen LogP contribution in [0.5, 0.6) is 0 Å². The fourth-order valence-electron chi connectivity index (χ4n) is 2.27. The van der Waals surface area contributed by atoms with Crippen molar-refractivity contribution < 1.29 is 4.79 Å². The van der Waals surface area contributed by atoms with Gasteiger partial charge < -0.3 is 4.98 Å². The van der Waals surface area contributed by atoms with E-state index >= 15 is 0 Å². The summed E-state index contributed by atoms with van der Waals surface area (Å²) < 4.78 is 0. The zero-order chi connectivity index (χ0) is 16.1. The highest BCUT2D eigenvalue weighted by Crippen LogP contribution is 2.12. The molecule has 23 heavy (non-hydrogen) atoms. The molecule has 0 saturated heterocycles. The minimum Gasteiger partial charge on any atom is -0.324 e. The molecule has 0 fully saturated rings. The molecule has 116 valence electrons. The number of nitrogens with zero attached hydrogens (tertiary/aromatic N) is 1. The predicted octanol–water partition coefficient (Wildman–Crippen LogP) is 2.66. The lowest BCUT2D eigenvalue weighted by Crippen LogP contribution is -2.35. The maximum Gasteiger partial charge on any atom is 0.226 e. The Labute approximate surface area is 133 Å². The molecule has 0 aliphatic heterocycles. The number of carbonyl (C=O) groups is 1. The average Bonchev–Trinajstić information content (AvgIpc) is 2.96. The van der Waals surface area contributed by atoms with E-state index in [0.717, 1.165) is 16.6 Å². The van der Waals surface area contributed by atoms with Crippen LogP contribution in [0.15, 0.2) is 54.6 Å². The van der Waals surface area contributed by atoms with Crippen LogP contribution in [-0.2, 0) is 11.2 Å². The normalized spacial score (nSPS) is 10.4. The molecule has 0 radical (unpaired) electrons. The van der Waals surface area contributed by atoms with Gasteiger partial charge in [-0.1, -0.05) is 42.5 Å². The quantitative estimate of drug-likeness (QED) is 0.441. The second kappa shape index (κ2) is 6.74. The maximum atomic E-state index is 11.9. The number of para-hydroxylation sites is 2. The molecule has 2 aromatic carbocycles. The van der Waals surface area contributed by atoms with Gasteiger partial charge in [0.25, 0.3) is 0 Å². The van der Waals surface area contributed by atoms with Gasteiger partial charge in [0.05, 0.1) is 11.0 Å². The van der Waals surface area contributed by atoms with Gasteiger partial charge >= 0.3 is 0 Å². The number of guanidine groups is 1. The highest BCUT2D eigenvalue weighted by atomic mass is 16.1. The summed E-state index contributed by atoms with van der Waals surface area (Å²) in [7, 11) is 0. The number of rotatable bonds is 4. The van der Waals surface area contributed by atoms with Crippen molar-refractivity contribution in [2.45, 2.75) is 12.8 Å². The van der Waals surface area contributed by atoms with Crippen LogP contribution >= 0.6 is 0 Å². The maximum absolute atomic E-state index is 11.9. The highest BCUT2D eigenvalue weighted by Gasteiger charge is 2.08. The fourth-order valence-corrected chi connectivity index (χ4v) is 2.27. The van der Waals surface area contributed by atoms with E-state index in [0.29, 0.717) is 18.8 Å². The predicted molar refractivity (Wildman–Crippen MR) is 90.3 cm³/mol. The Hall–Kier alpha value is -3.15. The first-order valence-corrected chi connectivity index (χ1v) is 7.35. The van der Waals surface area contributed by atoms with Crippen molar-refractivity contribution in [2.75, 3.05) is 5.32 Å². The Morgan fingerprint density at radius 3 is 2.61 bits per heavy atom. The van der Waals surface area contributed by atoms with Crippen molar-refractivity contribution in [1.29, 1.82) is 5.41 Å². The molecule has 0 unspecified atom stereocenters. The summed E-state index contributed by atoms with van der Waals surface area (Å²) in [5.41, 5.74) is 2.77. The number of aromatic nitrogens is 2. The van der Waals surface area contributed by atoms with Gasteiger partial charge in [0.2, 0.25) is 17.8 Å². The standard InChI is InChI=1S/C17H17N5O/c18-16(21-15(23)11-10-12-6-2-1-3-7-12)22-17-19-13-8-4-5-9-14(13)20-17/h1-9H,10-11H2,(H4,18,19,20,21,22,23). The van der Waals surface area contributed by atoms with Gasteiger partial charge in [-0.25, -0.2) is 4.98 Å². The summed E-state index contributed by atoms with van der Waals surface area (Å²) in [4.78, 5) is 19.2. The van der Waals surface area contributed by atoms with Crippen LogP contribution in [0.3, 0.4) is 0 Å². The van der Waals surface area contributed by atoms with Crippen LogP contribution in [-0.4, -0.2) is 21.8 Å². The number of imidazole rings is 1. The lowest BCUT2D eigenvalue weighted by Gasteiger charge is -2.07. The number of nitrogens with one attached hydrogen (secondary N) is 4. The Bertz CT molecular complexity index is 792. The van der Waals surface area contributed by atoms with Gasteiger partial charge in [0.15, 0.2) is 0 Å². The van der Waals surface area contributed by atoms with E-state index in [2.05, 4.69) is 20.6 Å². The topological polar surface area (TPSA) is 93.7 Å². The summed E-state index contributed by atoms with van der Waals surface area (Å²) in [5, 5.41) is 13.1. The van der Waals surface area contributed by atoms with Crippen molar-refractivity contribution in [3.8, 4) is 0 Å². The van der Waals surface area contributed by atoms with E-state index in [9.17, 15) is 4.79 Å². The van der Waals surface area contributed by atoms with Crippen LogP contribution in [0, 0.1) is 5.41 Å². The molecule has 0 spiro atoms. The zero-order valence-corrected chi connectivity index (χ0v) is 12.5. The molecule has 0 aliphatic carbocycles. The van der Waals surface area contributed by atoms with Crippen LogP contribution in [0.25, 0.3) is 11.0 Å². The molecule has 0 atom stereocenters. The number of amides is 1. The second-order valence-electron chi connectivity index (χ2n) is 5.14. The van der Waals surface area contributed by atoms with E-state index in [1.165, 1.54) is 0 Å². The third kappa shape index (κ3) is 3.94. The van der Waals surface area contributed by atoms with Crippen LogP contribution in [0.4, 0.5) is 5.95 Å². The molecular weight excluding hydrogens is 290 g/mol. The number of hydrogen-bond donors (Lipinski definition) is 4. The van der Waals surface area contributed by atoms with Gasteiger partial charge in [-0.15, -0.1) is 0 Å². The Kier molecular flexibility index (Phi) is 4.33. The van der Waals surface area contributed by atoms with Crippen molar-refractivity contribution in [2.24, 2.45) is 0 Å². The number of H-pyrrole nitrogens is 1. The highest BCUT2D eigenvalue weighted by molar-refractivity contribution is 6.02. The fraction of sp³-hybridized carbons (Fsp3) is 0.118. The molecule has 1 aromatic heterocycles. The van der Waals surface area contributed by atoms with Crippen LogP contribution in [0.1, 0.15) is 12.0 Å². The summed E-state index contributed by atoms with van der Waals surface area (Å²) in [6.07, 6.45) is 0.971. The van der Waals surface area contributed by atoms with Crippen LogP contribution < -0.4 is 10.6 Å². The number of fused-ring (bicyclic) bond motifs is 1. The van der Waals surface area contributed by atoms with Gasteiger partial charge in [0.1, 0.15) is 0 Å². The van der Waals surface area contributed by atoms with Crippen molar-refractivity contribution in [1.82, 2.24) is 15.3 Å². The smallest absolute Gasteiger partial charge is 0.226 e. The van der Waals surface area contributed by atoms with Crippen molar-refractivity contribution in [3.63, 3.8) is 0 Å². The number of benzene rings is 2. The molecule has 1 amide bonds. The zero-order valence-electron chi connectivity index (χ0n) is 12.5. The Morgan fingerprint density at radius 2 is 1.83 bits per heavy atom. The van der Waals surface area contributed by atoms with Gasteiger partial charge in [-0.2, -0.15) is 0 Å². The summed E-state index contributed by atoms with van der Waals surface area (Å²) >= 11 is 0. The first-order valence-electron chi connectivity index (χ1n) is 7.35. The summed E-state index contributed by atoms with van der Waals surface area (Å²) in [6, 6.07) is 17.4. The lowest BCUT2D eigenvalue weighted by atomic mass is 10.1. The molecule has 0 saturated carbocycles. The average molecular weight is 307 g/mol. The summed E-state index contributed by atoms with van der Waals surface area (Å²) in [6.45, 7) is 0. The van der Waals surface area contributed by atoms with E-state index in [1.807, 2.05) is 54.6 Å². The number of carbonyl (C=O) groups excluding carboxylic acids is 1. The van der Waals surface area contributed by atoms with E-state index < -0.39 is 0 Å². The molecule has 1 heterocycles. The van der Waals surface area contributed by atoms with E-state index in [1.54, 1.807) is 0 Å². The molecular formula is C17H17N5O. The third-order valence-corrected chi connectivity index (χ3v) is 3.38. The van der Waals surface area contributed by atoms with Crippen LogP contribution in [0.2, 0.25) is 0 Å². The molecule has 0 aliphatic rings. The largest absolute Gasteiger partial charge is 0.324 e. The number of aryl methyl sites for hydroxylation is 1. The lowest BCUT2D eigenvalue weighted by molar-refractivity contribution is -0.119. The van der Waals surface area contributed by atoms with E-state index in [4.69, 9.17) is 5.41 Å². The minimum atomic E-state index is -0.206. The number of anilines is 1. The molecule has 3 aromatic rings. The third-order valence-electron chi connectivity index (χ3n) is 3.38. The van der Waals surface area contributed by atoms with Gasteiger partial charge in [0, 0.05) is 6.42 Å². The number of hydrogen-bond acceptors (Lipinski definition) is 3. The van der Waals surface area contributed by atoms with Crippen molar-refractivity contribution in [3.05, 3.63) is 60.2 Å². The SMILES string of the molecule is N=C(NC(=O)CCc1ccccc1)Nc1nc2ccccc2[nH]1. The summed E-state index contributed by atoms with van der Waals surface area (Å²) in [5.74, 6) is 0.129. The molecule has 3 rings (SSSR count). The molecule has 0 bridgehead atoms. The minimum absolute atomic E-state index is 0.0953. The monoisotopic (exact) mass is 307 g/mol. The Balaban J connectivity index is 1.51. The number of aromatic amines is 1. The van der Waals surface area contributed by atoms with Gasteiger partial charge in [-0.3, -0.25) is 20.8 Å². The first kappa shape index (κ1) is 14.8. The molecule has 4 N–H and O–H groups in total. The second-order valence-corrected chi connectivity index (χ2v) is 5.14. The van der Waals surface area contributed by atoms with Gasteiger partial charge in [-0.05, 0) is 24.1 Å². The van der Waals surface area contributed by atoms with Crippen molar-refractivity contribution >= 4 is 28.8 Å². The first-order chi connectivity index (χ1) is 11.2.